The van der Waals surface area contributed by atoms with Crippen molar-refractivity contribution in [2.24, 2.45) is 0 Å². The zero-order valence-electron chi connectivity index (χ0n) is 20.9. The summed E-state index contributed by atoms with van der Waals surface area (Å²) in [5.41, 5.74) is 8.16. The Morgan fingerprint density at radius 1 is 0.667 bits per heavy atom. The van der Waals surface area contributed by atoms with Crippen molar-refractivity contribution < 1.29 is 19.0 Å². The Hall–Kier alpha value is -4.45. The standard InChI is InChI=1S/C30H30N2O4/c1-21(2)36-30(33)31-32(26-19-24(15-17-28(26)34-3)22-11-7-5-8-12-22)27-20-25(16-18-29(27)35-4)23-13-9-6-10-14-23/h5-21H,1-4H3,(H,31,33). The number of carbonyl (C=O) groups is 1. The maximum atomic E-state index is 12.9. The fraction of sp³-hybridized carbons (Fsp3) is 0.167. The van der Waals surface area contributed by atoms with Crippen LogP contribution >= 0.6 is 0 Å². The van der Waals surface area contributed by atoms with Crippen LogP contribution in [0.3, 0.4) is 0 Å². The predicted molar refractivity (Wildman–Crippen MR) is 144 cm³/mol. The van der Waals surface area contributed by atoms with Crippen LogP contribution in [0.1, 0.15) is 13.8 Å². The topological polar surface area (TPSA) is 60.0 Å². The molecule has 0 radical (unpaired) electrons. The molecule has 4 rings (SSSR count). The molecule has 4 aromatic rings. The van der Waals surface area contributed by atoms with Gasteiger partial charge in [-0.3, -0.25) is 0 Å². The molecule has 0 aliphatic heterocycles. The van der Waals surface area contributed by atoms with Crippen LogP contribution in [0, 0.1) is 0 Å². The van der Waals surface area contributed by atoms with E-state index in [1.807, 2.05) is 97.1 Å². The third-order valence-electron chi connectivity index (χ3n) is 5.60. The fourth-order valence-electron chi connectivity index (χ4n) is 3.93. The van der Waals surface area contributed by atoms with Crippen LogP contribution in [0.2, 0.25) is 0 Å². The van der Waals surface area contributed by atoms with Gasteiger partial charge in [0, 0.05) is 0 Å². The summed E-state index contributed by atoms with van der Waals surface area (Å²) in [6, 6.07) is 31.7. The average molecular weight is 483 g/mol. The van der Waals surface area contributed by atoms with Crippen LogP contribution in [-0.4, -0.2) is 26.4 Å². The van der Waals surface area contributed by atoms with Gasteiger partial charge in [0.25, 0.3) is 0 Å². The summed E-state index contributed by atoms with van der Waals surface area (Å²) in [5.74, 6) is 1.15. The number of nitrogens with one attached hydrogen (secondary N) is 1. The van der Waals surface area contributed by atoms with E-state index in [0.717, 1.165) is 22.3 Å². The minimum atomic E-state index is -0.593. The maximum Gasteiger partial charge on any atom is 0.426 e. The minimum absolute atomic E-state index is 0.290. The Balaban J connectivity index is 1.89. The normalized spacial score (nSPS) is 10.6. The first-order valence-electron chi connectivity index (χ1n) is 11.7. The van der Waals surface area contributed by atoms with Gasteiger partial charge < -0.3 is 14.2 Å². The predicted octanol–water partition coefficient (Wildman–Crippen LogP) is 7.23. The number of nitrogens with zero attached hydrogens (tertiary/aromatic N) is 1. The molecule has 36 heavy (non-hydrogen) atoms. The molecule has 0 saturated heterocycles. The number of rotatable bonds is 8. The van der Waals surface area contributed by atoms with E-state index in [2.05, 4.69) is 5.43 Å². The van der Waals surface area contributed by atoms with Gasteiger partial charge in [0.15, 0.2) is 0 Å². The molecule has 0 unspecified atom stereocenters. The van der Waals surface area contributed by atoms with E-state index in [4.69, 9.17) is 14.2 Å². The van der Waals surface area contributed by atoms with Gasteiger partial charge in [-0.25, -0.2) is 15.2 Å². The van der Waals surface area contributed by atoms with Crippen LogP contribution in [0.15, 0.2) is 97.1 Å². The van der Waals surface area contributed by atoms with Gasteiger partial charge >= 0.3 is 6.09 Å². The third-order valence-corrected chi connectivity index (χ3v) is 5.60. The number of methoxy groups -OCH3 is 2. The molecule has 0 bridgehead atoms. The fourth-order valence-corrected chi connectivity index (χ4v) is 3.93. The van der Waals surface area contributed by atoms with E-state index in [9.17, 15) is 4.79 Å². The lowest BCUT2D eigenvalue weighted by atomic mass is 10.0. The zero-order chi connectivity index (χ0) is 25.5. The Bertz CT molecular complexity index is 1220. The van der Waals surface area contributed by atoms with Crippen molar-refractivity contribution in [1.82, 2.24) is 5.43 Å². The van der Waals surface area contributed by atoms with Gasteiger partial charge in [-0.2, -0.15) is 0 Å². The number of anilines is 2. The molecule has 6 nitrogen and oxygen atoms in total. The minimum Gasteiger partial charge on any atom is -0.494 e. The van der Waals surface area contributed by atoms with Gasteiger partial charge in [-0.1, -0.05) is 72.8 Å². The van der Waals surface area contributed by atoms with Crippen molar-refractivity contribution in [1.29, 1.82) is 0 Å². The van der Waals surface area contributed by atoms with Crippen LogP contribution in [-0.2, 0) is 4.74 Å². The maximum absolute atomic E-state index is 12.9. The van der Waals surface area contributed by atoms with Crippen LogP contribution in [0.25, 0.3) is 22.3 Å². The molecule has 0 spiro atoms. The number of hydrazine groups is 1. The van der Waals surface area contributed by atoms with Gasteiger partial charge in [0.1, 0.15) is 22.9 Å². The number of benzene rings is 4. The summed E-state index contributed by atoms with van der Waals surface area (Å²) in [7, 11) is 3.20. The second kappa shape index (κ2) is 11.3. The molecule has 0 aliphatic rings. The Morgan fingerprint density at radius 2 is 1.11 bits per heavy atom. The third kappa shape index (κ3) is 5.61. The molecule has 0 saturated carbocycles. The first kappa shape index (κ1) is 24.7. The van der Waals surface area contributed by atoms with Gasteiger partial charge in [-0.15, -0.1) is 0 Å². The lowest BCUT2D eigenvalue weighted by Gasteiger charge is -2.29. The van der Waals surface area contributed by atoms with E-state index in [1.165, 1.54) is 0 Å². The zero-order valence-corrected chi connectivity index (χ0v) is 20.9. The van der Waals surface area contributed by atoms with E-state index in [-0.39, 0.29) is 6.10 Å². The highest BCUT2D eigenvalue weighted by molar-refractivity contribution is 5.84. The molecule has 6 heteroatoms. The molecule has 0 atom stereocenters. The summed E-state index contributed by atoms with van der Waals surface area (Å²) in [6.45, 7) is 3.61. The smallest absolute Gasteiger partial charge is 0.426 e. The van der Waals surface area contributed by atoms with E-state index in [1.54, 1.807) is 33.1 Å². The van der Waals surface area contributed by atoms with Crippen molar-refractivity contribution in [2.75, 3.05) is 19.2 Å². The summed E-state index contributed by atoms with van der Waals surface area (Å²) in [4.78, 5) is 12.9. The van der Waals surface area contributed by atoms with Crippen molar-refractivity contribution in [3.05, 3.63) is 97.1 Å². The monoisotopic (exact) mass is 482 g/mol. The lowest BCUT2D eigenvalue weighted by molar-refractivity contribution is 0.115. The summed E-state index contributed by atoms with van der Waals surface area (Å²) >= 11 is 0. The van der Waals surface area contributed by atoms with Crippen molar-refractivity contribution in [3.8, 4) is 33.8 Å². The molecule has 0 aromatic heterocycles. The van der Waals surface area contributed by atoms with E-state index in [0.29, 0.717) is 22.9 Å². The molecule has 184 valence electrons. The molecule has 0 aliphatic carbocycles. The number of hydrogen-bond donors (Lipinski definition) is 1. The molecule has 1 N–H and O–H groups in total. The van der Waals surface area contributed by atoms with Gasteiger partial charge in [-0.05, 0) is 60.4 Å². The largest absolute Gasteiger partial charge is 0.494 e. The highest BCUT2D eigenvalue weighted by Crippen LogP contribution is 2.41. The Kier molecular flexibility index (Phi) is 7.75. The number of carbonyl (C=O) groups excluding carboxylic acids is 1. The highest BCUT2D eigenvalue weighted by Gasteiger charge is 2.23. The summed E-state index contributed by atoms with van der Waals surface area (Å²) < 4.78 is 16.9. The van der Waals surface area contributed by atoms with Crippen molar-refractivity contribution >= 4 is 17.5 Å². The van der Waals surface area contributed by atoms with Crippen LogP contribution in [0.4, 0.5) is 16.2 Å². The Labute approximate surface area is 212 Å². The first-order chi connectivity index (χ1) is 17.5. The van der Waals surface area contributed by atoms with Gasteiger partial charge in [0.05, 0.1) is 20.3 Å². The van der Waals surface area contributed by atoms with Crippen LogP contribution < -0.4 is 19.9 Å². The number of amides is 1. The second-order valence-corrected chi connectivity index (χ2v) is 8.41. The van der Waals surface area contributed by atoms with Crippen molar-refractivity contribution in [3.63, 3.8) is 0 Å². The van der Waals surface area contributed by atoms with Crippen LogP contribution in [0.5, 0.6) is 11.5 Å². The molecule has 0 heterocycles. The van der Waals surface area contributed by atoms with Gasteiger partial charge in [0.2, 0.25) is 0 Å². The average Bonchev–Trinajstić information content (AvgIpc) is 2.91. The van der Waals surface area contributed by atoms with E-state index < -0.39 is 6.09 Å². The molecular weight excluding hydrogens is 452 g/mol. The SMILES string of the molecule is COc1ccc(-c2ccccc2)cc1N(NC(=O)OC(C)C)c1cc(-c2ccccc2)ccc1OC. The molecule has 0 fully saturated rings. The lowest BCUT2D eigenvalue weighted by Crippen LogP contribution is -2.40. The number of hydrogen-bond acceptors (Lipinski definition) is 5. The van der Waals surface area contributed by atoms with Crippen molar-refractivity contribution in [2.45, 2.75) is 20.0 Å². The van der Waals surface area contributed by atoms with E-state index >= 15 is 0 Å². The molecule has 4 aromatic carbocycles. The molecular formula is C30H30N2O4. The summed E-state index contributed by atoms with van der Waals surface area (Å²) in [5, 5.41) is 1.65. The Morgan fingerprint density at radius 3 is 1.50 bits per heavy atom. The quantitative estimate of drug-likeness (QED) is 0.269. The first-order valence-corrected chi connectivity index (χ1v) is 11.7. The highest BCUT2D eigenvalue weighted by atomic mass is 16.6. The molecule has 1 amide bonds. The number of ether oxygens (including phenoxy) is 3. The summed E-state index contributed by atoms with van der Waals surface area (Å²) in [6.07, 6.45) is -0.883. The second-order valence-electron chi connectivity index (χ2n) is 8.41.